The number of nitrogens with one attached hydrogen (secondary N) is 1. The maximum atomic E-state index is 13.1. The van der Waals surface area contributed by atoms with Gasteiger partial charge in [-0.15, -0.1) is 0 Å². The molecule has 1 atom stereocenters. The molecule has 2 aromatic rings. The van der Waals surface area contributed by atoms with Crippen molar-refractivity contribution >= 4 is 17.6 Å². The molecule has 0 radical (unpaired) electrons. The van der Waals surface area contributed by atoms with Crippen LogP contribution in [0, 0.1) is 0 Å². The van der Waals surface area contributed by atoms with Crippen LogP contribution in [0.25, 0.3) is 0 Å². The van der Waals surface area contributed by atoms with Gasteiger partial charge in [-0.1, -0.05) is 44.2 Å². The summed E-state index contributed by atoms with van der Waals surface area (Å²) in [6.45, 7) is 8.06. The minimum atomic E-state index is -0.703. The monoisotopic (exact) mass is 410 g/mol. The Morgan fingerprint density at radius 1 is 1.17 bits per heavy atom. The molecule has 7 nitrogen and oxygen atoms in total. The molecule has 30 heavy (non-hydrogen) atoms. The summed E-state index contributed by atoms with van der Waals surface area (Å²) >= 11 is 0. The number of benzene rings is 1. The Balaban J connectivity index is 1.59. The number of rotatable bonds is 10. The highest BCUT2D eigenvalue weighted by Crippen LogP contribution is 2.37. The minimum Gasteiger partial charge on any atom is -0.472 e. The third-order valence-corrected chi connectivity index (χ3v) is 5.27. The standard InChI is InChI=1S/C23H30N4O3/c1-3-26(4-2)17-15-24-20(28)13-9-16-27-22-19(12-8-14-25-22)30-21(23(27)29)18-10-6-5-7-11-18/h5-8,10-12,14,21H,3-4,9,13,15-17H2,1-2H3,(H,24,28)/t21-/m1/s1. The molecule has 1 aliphatic rings. The van der Waals surface area contributed by atoms with E-state index in [-0.39, 0.29) is 11.8 Å². The van der Waals surface area contributed by atoms with Crippen LogP contribution in [0.15, 0.2) is 48.7 Å². The van der Waals surface area contributed by atoms with Crippen molar-refractivity contribution in [3.8, 4) is 5.75 Å². The van der Waals surface area contributed by atoms with E-state index < -0.39 is 6.10 Å². The Bertz CT molecular complexity index is 839. The SMILES string of the molecule is CCN(CC)CCNC(=O)CCCN1C(=O)[C@@H](c2ccccc2)Oc2cccnc21. The number of fused-ring (bicyclic) bond motifs is 1. The molecule has 2 amide bonds. The first-order valence-corrected chi connectivity index (χ1v) is 10.6. The lowest BCUT2D eigenvalue weighted by Gasteiger charge is -2.33. The number of amides is 2. The number of likely N-dealkylation sites (N-methyl/N-ethyl adjacent to an activating group) is 1. The smallest absolute Gasteiger partial charge is 0.274 e. The fourth-order valence-corrected chi connectivity index (χ4v) is 3.53. The van der Waals surface area contributed by atoms with Crippen LogP contribution >= 0.6 is 0 Å². The fraction of sp³-hybridized carbons (Fsp3) is 0.435. The second-order valence-electron chi connectivity index (χ2n) is 7.20. The Labute approximate surface area is 178 Å². The second-order valence-corrected chi connectivity index (χ2v) is 7.20. The molecular weight excluding hydrogens is 380 g/mol. The predicted octanol–water partition coefficient (Wildman–Crippen LogP) is 2.79. The predicted molar refractivity (Wildman–Crippen MR) is 116 cm³/mol. The van der Waals surface area contributed by atoms with Crippen molar-refractivity contribution < 1.29 is 14.3 Å². The van der Waals surface area contributed by atoms with Crippen LogP contribution in [-0.4, -0.2) is 54.4 Å². The van der Waals surface area contributed by atoms with E-state index in [2.05, 4.69) is 29.0 Å². The van der Waals surface area contributed by atoms with Gasteiger partial charge < -0.3 is 15.0 Å². The van der Waals surface area contributed by atoms with Crippen molar-refractivity contribution in [1.82, 2.24) is 15.2 Å². The summed E-state index contributed by atoms with van der Waals surface area (Å²) < 4.78 is 5.95. The Hall–Kier alpha value is -2.93. The number of nitrogens with zero attached hydrogens (tertiary/aromatic N) is 3. The molecule has 0 saturated carbocycles. The highest BCUT2D eigenvalue weighted by Gasteiger charge is 2.36. The first-order valence-electron chi connectivity index (χ1n) is 10.6. The summed E-state index contributed by atoms with van der Waals surface area (Å²) in [5.74, 6) is 0.935. The van der Waals surface area contributed by atoms with E-state index in [9.17, 15) is 9.59 Å². The van der Waals surface area contributed by atoms with E-state index in [0.717, 1.165) is 25.2 Å². The van der Waals surface area contributed by atoms with Crippen molar-refractivity contribution in [2.45, 2.75) is 32.8 Å². The van der Waals surface area contributed by atoms with Gasteiger partial charge in [-0.25, -0.2) is 4.98 Å². The quantitative estimate of drug-likeness (QED) is 0.652. The average molecular weight is 411 g/mol. The summed E-state index contributed by atoms with van der Waals surface area (Å²) in [7, 11) is 0. The number of carbonyl (C=O) groups excluding carboxylic acids is 2. The van der Waals surface area contributed by atoms with Crippen molar-refractivity contribution in [3.63, 3.8) is 0 Å². The summed E-state index contributed by atoms with van der Waals surface area (Å²) in [6, 6.07) is 13.0. The van der Waals surface area contributed by atoms with Crippen LogP contribution < -0.4 is 15.0 Å². The zero-order valence-electron chi connectivity index (χ0n) is 17.7. The van der Waals surface area contributed by atoms with Crippen molar-refractivity contribution in [1.29, 1.82) is 0 Å². The van der Waals surface area contributed by atoms with Crippen LogP contribution in [0.4, 0.5) is 5.82 Å². The normalized spacial score (nSPS) is 15.6. The molecule has 0 aliphatic carbocycles. The second kappa shape index (κ2) is 10.7. The third kappa shape index (κ3) is 5.36. The minimum absolute atomic E-state index is 0.00344. The van der Waals surface area contributed by atoms with E-state index >= 15 is 0 Å². The fourth-order valence-electron chi connectivity index (χ4n) is 3.53. The first kappa shape index (κ1) is 21.8. The highest BCUT2D eigenvalue weighted by atomic mass is 16.5. The summed E-state index contributed by atoms with van der Waals surface area (Å²) in [4.78, 5) is 33.6. The van der Waals surface area contributed by atoms with Gasteiger partial charge in [0.15, 0.2) is 11.6 Å². The van der Waals surface area contributed by atoms with E-state index in [1.54, 1.807) is 17.2 Å². The molecular formula is C23H30N4O3. The van der Waals surface area contributed by atoms with Crippen LogP contribution in [0.5, 0.6) is 5.75 Å². The van der Waals surface area contributed by atoms with Crippen LogP contribution in [0.3, 0.4) is 0 Å². The summed E-state index contributed by atoms with van der Waals surface area (Å²) in [5, 5.41) is 2.96. The van der Waals surface area contributed by atoms with Gasteiger partial charge in [0.2, 0.25) is 12.0 Å². The van der Waals surface area contributed by atoms with Gasteiger partial charge in [0.25, 0.3) is 5.91 Å². The summed E-state index contributed by atoms with van der Waals surface area (Å²) in [6.07, 6.45) is 1.86. The van der Waals surface area contributed by atoms with Gasteiger partial charge in [0.05, 0.1) is 0 Å². The maximum Gasteiger partial charge on any atom is 0.274 e. The number of hydrogen-bond donors (Lipinski definition) is 1. The number of hydrogen-bond acceptors (Lipinski definition) is 5. The Morgan fingerprint density at radius 2 is 1.93 bits per heavy atom. The van der Waals surface area contributed by atoms with Crippen LogP contribution in [0.2, 0.25) is 0 Å². The summed E-state index contributed by atoms with van der Waals surface area (Å²) in [5.41, 5.74) is 0.802. The molecule has 1 aromatic carbocycles. The van der Waals surface area contributed by atoms with Gasteiger partial charge in [-0.05, 0) is 31.6 Å². The number of pyridine rings is 1. The maximum absolute atomic E-state index is 13.1. The third-order valence-electron chi connectivity index (χ3n) is 5.27. The molecule has 160 valence electrons. The van der Waals surface area contributed by atoms with Crippen molar-refractivity contribution in [3.05, 3.63) is 54.2 Å². The van der Waals surface area contributed by atoms with E-state index in [0.29, 0.717) is 37.5 Å². The Kier molecular flexibility index (Phi) is 7.79. The van der Waals surface area contributed by atoms with Gasteiger partial charge in [-0.2, -0.15) is 0 Å². The number of carbonyl (C=O) groups is 2. The number of anilines is 1. The van der Waals surface area contributed by atoms with E-state index in [1.807, 2.05) is 36.4 Å². The van der Waals surface area contributed by atoms with Gasteiger partial charge in [0, 0.05) is 37.8 Å². The zero-order valence-corrected chi connectivity index (χ0v) is 17.7. The zero-order chi connectivity index (χ0) is 21.3. The Morgan fingerprint density at radius 3 is 2.67 bits per heavy atom. The largest absolute Gasteiger partial charge is 0.472 e. The number of ether oxygens (including phenoxy) is 1. The molecule has 3 rings (SSSR count). The van der Waals surface area contributed by atoms with Crippen molar-refractivity contribution in [2.24, 2.45) is 0 Å². The van der Waals surface area contributed by atoms with Gasteiger partial charge >= 0.3 is 0 Å². The lowest BCUT2D eigenvalue weighted by atomic mass is 10.1. The molecule has 1 N–H and O–H groups in total. The van der Waals surface area contributed by atoms with Gasteiger partial charge in [0.1, 0.15) is 0 Å². The van der Waals surface area contributed by atoms with E-state index in [4.69, 9.17) is 4.74 Å². The molecule has 7 heteroatoms. The molecule has 0 unspecified atom stereocenters. The first-order chi connectivity index (χ1) is 14.6. The lowest BCUT2D eigenvalue weighted by molar-refractivity contribution is -0.127. The molecule has 1 aromatic heterocycles. The molecule has 1 aliphatic heterocycles. The number of aromatic nitrogens is 1. The average Bonchev–Trinajstić information content (AvgIpc) is 2.78. The van der Waals surface area contributed by atoms with Crippen LogP contribution in [-0.2, 0) is 9.59 Å². The molecule has 0 saturated heterocycles. The molecule has 0 fully saturated rings. The molecule has 0 bridgehead atoms. The van der Waals surface area contributed by atoms with Crippen molar-refractivity contribution in [2.75, 3.05) is 37.6 Å². The highest BCUT2D eigenvalue weighted by molar-refractivity contribution is 5.99. The van der Waals surface area contributed by atoms with E-state index in [1.165, 1.54) is 0 Å². The van der Waals surface area contributed by atoms with Gasteiger partial charge in [-0.3, -0.25) is 14.5 Å². The lowest BCUT2D eigenvalue weighted by Crippen LogP contribution is -2.42. The topological polar surface area (TPSA) is 74.8 Å². The molecule has 2 heterocycles. The van der Waals surface area contributed by atoms with Crippen LogP contribution in [0.1, 0.15) is 38.4 Å². The molecule has 0 spiro atoms.